The Morgan fingerprint density at radius 3 is 2.71 bits per heavy atom. The highest BCUT2D eigenvalue weighted by Crippen LogP contribution is 2.26. The van der Waals surface area contributed by atoms with Gasteiger partial charge in [-0.05, 0) is 18.1 Å². The van der Waals surface area contributed by atoms with Gasteiger partial charge in [0.2, 0.25) is 10.0 Å². The Labute approximate surface area is 103 Å². The van der Waals surface area contributed by atoms with E-state index in [0.29, 0.717) is 13.1 Å². The number of sulfonamides is 1. The van der Waals surface area contributed by atoms with E-state index in [1.807, 2.05) is 31.2 Å². The van der Waals surface area contributed by atoms with Crippen molar-refractivity contribution in [2.24, 2.45) is 0 Å². The standard InChI is InChI=1S/C12H18N2O2S/c1-10-5-3-4-6-11(10)12-9-13-7-8-14(12)17(2,15)16/h3-6,12-13H,7-9H2,1-2H3. The van der Waals surface area contributed by atoms with Crippen molar-refractivity contribution in [3.63, 3.8) is 0 Å². The maximum Gasteiger partial charge on any atom is 0.211 e. The number of piperazine rings is 1. The lowest BCUT2D eigenvalue weighted by Crippen LogP contribution is -2.48. The van der Waals surface area contributed by atoms with E-state index in [9.17, 15) is 8.42 Å². The summed E-state index contributed by atoms with van der Waals surface area (Å²) in [4.78, 5) is 0. The van der Waals surface area contributed by atoms with Crippen molar-refractivity contribution < 1.29 is 8.42 Å². The van der Waals surface area contributed by atoms with Gasteiger partial charge in [-0.3, -0.25) is 0 Å². The van der Waals surface area contributed by atoms with Crippen LogP contribution in [0.4, 0.5) is 0 Å². The average Bonchev–Trinajstić information content (AvgIpc) is 2.28. The summed E-state index contributed by atoms with van der Waals surface area (Å²) in [5, 5.41) is 3.26. The lowest BCUT2D eigenvalue weighted by Gasteiger charge is -2.35. The number of aryl methyl sites for hydroxylation is 1. The average molecular weight is 254 g/mol. The second-order valence-electron chi connectivity index (χ2n) is 4.45. The van der Waals surface area contributed by atoms with Gasteiger partial charge in [-0.2, -0.15) is 4.31 Å². The minimum atomic E-state index is -3.15. The van der Waals surface area contributed by atoms with Crippen LogP contribution in [0.1, 0.15) is 17.2 Å². The second-order valence-corrected chi connectivity index (χ2v) is 6.39. The van der Waals surface area contributed by atoms with Gasteiger partial charge in [-0.25, -0.2) is 8.42 Å². The zero-order valence-electron chi connectivity index (χ0n) is 10.2. The van der Waals surface area contributed by atoms with Gasteiger partial charge < -0.3 is 5.32 Å². The molecule has 1 aromatic rings. The Kier molecular flexibility index (Phi) is 3.51. The molecule has 1 unspecified atom stereocenters. The van der Waals surface area contributed by atoms with Crippen LogP contribution < -0.4 is 5.32 Å². The van der Waals surface area contributed by atoms with Crippen molar-refractivity contribution in [2.45, 2.75) is 13.0 Å². The van der Waals surface area contributed by atoms with Gasteiger partial charge in [0.1, 0.15) is 0 Å². The number of benzene rings is 1. The van der Waals surface area contributed by atoms with E-state index < -0.39 is 10.0 Å². The highest BCUT2D eigenvalue weighted by molar-refractivity contribution is 7.88. The first kappa shape index (κ1) is 12.5. The molecule has 1 aliphatic heterocycles. The van der Waals surface area contributed by atoms with E-state index in [0.717, 1.165) is 17.7 Å². The normalized spacial score (nSPS) is 22.6. The van der Waals surface area contributed by atoms with Crippen LogP contribution in [0.25, 0.3) is 0 Å². The molecule has 1 fully saturated rings. The van der Waals surface area contributed by atoms with Crippen molar-refractivity contribution in [3.8, 4) is 0 Å². The molecule has 1 aliphatic rings. The van der Waals surface area contributed by atoms with Gasteiger partial charge in [0, 0.05) is 19.6 Å². The van der Waals surface area contributed by atoms with Crippen LogP contribution in [0.2, 0.25) is 0 Å². The van der Waals surface area contributed by atoms with E-state index in [1.54, 1.807) is 4.31 Å². The zero-order valence-corrected chi connectivity index (χ0v) is 11.0. The van der Waals surface area contributed by atoms with E-state index in [1.165, 1.54) is 6.26 Å². The Morgan fingerprint density at radius 1 is 1.35 bits per heavy atom. The molecule has 2 rings (SSSR count). The predicted octanol–water partition coefficient (Wildman–Crippen LogP) is 0.901. The maximum atomic E-state index is 11.8. The van der Waals surface area contributed by atoms with Crippen LogP contribution in [-0.4, -0.2) is 38.6 Å². The topological polar surface area (TPSA) is 49.4 Å². The molecule has 1 heterocycles. The first-order valence-electron chi connectivity index (χ1n) is 5.73. The first-order valence-corrected chi connectivity index (χ1v) is 7.58. The lowest BCUT2D eigenvalue weighted by atomic mass is 10.0. The Morgan fingerprint density at radius 2 is 2.06 bits per heavy atom. The summed E-state index contributed by atoms with van der Waals surface area (Å²) in [6.07, 6.45) is 1.28. The summed E-state index contributed by atoms with van der Waals surface area (Å²) in [6, 6.07) is 7.87. The molecule has 1 saturated heterocycles. The number of rotatable bonds is 2. The van der Waals surface area contributed by atoms with Gasteiger partial charge in [0.15, 0.2) is 0 Å². The highest BCUT2D eigenvalue weighted by Gasteiger charge is 2.30. The smallest absolute Gasteiger partial charge is 0.211 e. The van der Waals surface area contributed by atoms with Gasteiger partial charge in [0.05, 0.1) is 12.3 Å². The van der Waals surface area contributed by atoms with E-state index in [-0.39, 0.29) is 6.04 Å². The highest BCUT2D eigenvalue weighted by atomic mass is 32.2. The molecule has 0 spiro atoms. The fourth-order valence-electron chi connectivity index (χ4n) is 2.31. The minimum Gasteiger partial charge on any atom is -0.313 e. The van der Waals surface area contributed by atoms with E-state index >= 15 is 0 Å². The third kappa shape index (κ3) is 2.68. The summed E-state index contributed by atoms with van der Waals surface area (Å²) < 4.78 is 25.1. The maximum absolute atomic E-state index is 11.8. The molecule has 0 aromatic heterocycles. The summed E-state index contributed by atoms with van der Waals surface area (Å²) in [7, 11) is -3.15. The van der Waals surface area contributed by atoms with Crippen LogP contribution in [0.5, 0.6) is 0 Å². The van der Waals surface area contributed by atoms with Crippen molar-refractivity contribution in [2.75, 3.05) is 25.9 Å². The van der Waals surface area contributed by atoms with Crippen LogP contribution in [-0.2, 0) is 10.0 Å². The fraction of sp³-hybridized carbons (Fsp3) is 0.500. The second kappa shape index (κ2) is 4.76. The molecule has 17 heavy (non-hydrogen) atoms. The number of nitrogens with zero attached hydrogens (tertiary/aromatic N) is 1. The molecule has 4 nitrogen and oxygen atoms in total. The van der Waals surface area contributed by atoms with Gasteiger partial charge >= 0.3 is 0 Å². The van der Waals surface area contributed by atoms with Crippen molar-refractivity contribution in [1.82, 2.24) is 9.62 Å². The summed E-state index contributed by atoms with van der Waals surface area (Å²) >= 11 is 0. The van der Waals surface area contributed by atoms with Crippen LogP contribution in [0.15, 0.2) is 24.3 Å². The minimum absolute atomic E-state index is 0.0834. The van der Waals surface area contributed by atoms with Crippen LogP contribution >= 0.6 is 0 Å². The molecule has 0 saturated carbocycles. The summed E-state index contributed by atoms with van der Waals surface area (Å²) in [5.41, 5.74) is 2.22. The van der Waals surface area contributed by atoms with Crippen LogP contribution in [0, 0.1) is 6.92 Å². The Bertz CT molecular complexity index is 499. The molecule has 5 heteroatoms. The van der Waals surface area contributed by atoms with Gasteiger partial charge in [0.25, 0.3) is 0 Å². The van der Waals surface area contributed by atoms with E-state index in [2.05, 4.69) is 5.32 Å². The van der Waals surface area contributed by atoms with Gasteiger partial charge in [-0.15, -0.1) is 0 Å². The molecule has 1 aromatic carbocycles. The van der Waals surface area contributed by atoms with Crippen molar-refractivity contribution in [1.29, 1.82) is 0 Å². The summed E-state index contributed by atoms with van der Waals surface area (Å²) in [6.45, 7) is 3.95. The molecule has 0 bridgehead atoms. The Balaban J connectivity index is 2.38. The number of hydrogen-bond donors (Lipinski definition) is 1. The SMILES string of the molecule is Cc1ccccc1C1CNCCN1S(C)(=O)=O. The zero-order chi connectivity index (χ0) is 12.5. The predicted molar refractivity (Wildman–Crippen MR) is 68.3 cm³/mol. The fourth-order valence-corrected chi connectivity index (χ4v) is 3.38. The first-order chi connectivity index (χ1) is 8.00. The molecule has 0 amide bonds. The molecule has 0 aliphatic carbocycles. The lowest BCUT2D eigenvalue weighted by molar-refractivity contribution is 0.272. The molecule has 1 N–H and O–H groups in total. The Hall–Kier alpha value is -0.910. The number of hydrogen-bond acceptors (Lipinski definition) is 3. The molecule has 94 valence electrons. The molecular formula is C12H18N2O2S. The molecular weight excluding hydrogens is 236 g/mol. The molecule has 1 atom stereocenters. The molecule has 0 radical (unpaired) electrons. The van der Waals surface area contributed by atoms with Crippen LogP contribution in [0.3, 0.4) is 0 Å². The number of nitrogens with one attached hydrogen (secondary N) is 1. The van der Waals surface area contributed by atoms with Crippen molar-refractivity contribution in [3.05, 3.63) is 35.4 Å². The monoisotopic (exact) mass is 254 g/mol. The van der Waals surface area contributed by atoms with Crippen molar-refractivity contribution >= 4 is 10.0 Å². The third-order valence-electron chi connectivity index (χ3n) is 3.17. The quantitative estimate of drug-likeness (QED) is 0.853. The third-order valence-corrected chi connectivity index (χ3v) is 4.46. The largest absolute Gasteiger partial charge is 0.313 e. The summed E-state index contributed by atoms with van der Waals surface area (Å²) in [5.74, 6) is 0. The van der Waals surface area contributed by atoms with E-state index in [4.69, 9.17) is 0 Å². The van der Waals surface area contributed by atoms with Gasteiger partial charge in [-0.1, -0.05) is 24.3 Å².